The second-order valence-electron chi connectivity index (χ2n) is 7.43. The van der Waals surface area contributed by atoms with E-state index >= 15 is 0 Å². The number of piperidine rings is 1. The lowest BCUT2D eigenvalue weighted by molar-refractivity contribution is 0.299. The van der Waals surface area contributed by atoms with E-state index in [0.717, 1.165) is 49.0 Å². The minimum Gasteiger partial charge on any atom is -0.493 e. The van der Waals surface area contributed by atoms with Crippen molar-refractivity contribution in [3.8, 4) is 17.2 Å². The van der Waals surface area contributed by atoms with Gasteiger partial charge >= 0.3 is 0 Å². The summed E-state index contributed by atoms with van der Waals surface area (Å²) < 4.78 is 11.3. The number of halogens is 1. The van der Waals surface area contributed by atoms with E-state index in [0.29, 0.717) is 24.0 Å². The van der Waals surface area contributed by atoms with Gasteiger partial charge in [-0.1, -0.05) is 24.3 Å². The van der Waals surface area contributed by atoms with Gasteiger partial charge in [-0.05, 0) is 42.7 Å². The molecule has 0 aliphatic carbocycles. The van der Waals surface area contributed by atoms with E-state index in [9.17, 15) is 0 Å². The Balaban J connectivity index is 0.00000289. The van der Waals surface area contributed by atoms with Crippen LogP contribution in [0.3, 0.4) is 0 Å². The van der Waals surface area contributed by atoms with Gasteiger partial charge in [0.1, 0.15) is 17.9 Å². The molecule has 4 rings (SSSR count). The van der Waals surface area contributed by atoms with Crippen LogP contribution in [0.15, 0.2) is 59.9 Å². The number of hydrogen-bond acceptors (Lipinski definition) is 5. The molecule has 9 heteroatoms. The van der Waals surface area contributed by atoms with Crippen LogP contribution < -0.4 is 14.8 Å². The van der Waals surface area contributed by atoms with Gasteiger partial charge in [0.25, 0.3) is 0 Å². The van der Waals surface area contributed by atoms with Gasteiger partial charge in [0.2, 0.25) is 0 Å². The normalized spacial score (nSPS) is 14.6. The molecule has 2 N–H and O–H groups in total. The summed E-state index contributed by atoms with van der Waals surface area (Å²) in [5.74, 6) is 4.53. The third kappa shape index (κ3) is 5.90. The number of nitrogens with one attached hydrogen (secondary N) is 2. The van der Waals surface area contributed by atoms with Crippen LogP contribution in [0.25, 0.3) is 0 Å². The first kappa shape index (κ1) is 23.8. The van der Waals surface area contributed by atoms with Crippen molar-refractivity contribution < 1.29 is 9.47 Å². The Morgan fingerprint density at radius 3 is 2.47 bits per heavy atom. The van der Waals surface area contributed by atoms with Gasteiger partial charge in [-0.3, -0.25) is 10.1 Å². The second kappa shape index (κ2) is 11.7. The van der Waals surface area contributed by atoms with Crippen LogP contribution in [-0.2, 0) is 6.54 Å². The first-order valence-electron chi connectivity index (χ1n) is 10.5. The van der Waals surface area contributed by atoms with Gasteiger partial charge in [-0.2, -0.15) is 5.10 Å². The lowest BCUT2D eigenvalue weighted by atomic mass is 9.96. The number of aromatic nitrogens is 3. The first-order valence-corrected chi connectivity index (χ1v) is 10.5. The number of likely N-dealkylation sites (tertiary alicyclic amines) is 1. The first-order chi connectivity index (χ1) is 15.3. The lowest BCUT2D eigenvalue weighted by Gasteiger charge is -2.33. The zero-order valence-electron chi connectivity index (χ0n) is 18.3. The van der Waals surface area contributed by atoms with E-state index in [1.54, 1.807) is 13.4 Å². The Morgan fingerprint density at radius 1 is 1.12 bits per heavy atom. The highest BCUT2D eigenvalue weighted by Gasteiger charge is 2.24. The smallest absolute Gasteiger partial charge is 0.193 e. The van der Waals surface area contributed by atoms with Crippen LogP contribution in [0.5, 0.6) is 17.2 Å². The van der Waals surface area contributed by atoms with E-state index in [1.165, 1.54) is 0 Å². The molecule has 0 amide bonds. The van der Waals surface area contributed by atoms with Gasteiger partial charge in [-0.15, -0.1) is 24.0 Å². The molecule has 1 aromatic heterocycles. The number of hydrogen-bond donors (Lipinski definition) is 2. The zero-order valence-corrected chi connectivity index (χ0v) is 20.7. The number of nitrogens with zero attached hydrogens (tertiary/aromatic N) is 4. The summed E-state index contributed by atoms with van der Waals surface area (Å²) >= 11 is 0. The van der Waals surface area contributed by atoms with E-state index < -0.39 is 0 Å². The number of H-pyrrole nitrogens is 1. The number of ether oxygens (including phenoxy) is 2. The minimum absolute atomic E-state index is 0. The molecule has 32 heavy (non-hydrogen) atoms. The Hall–Kier alpha value is -2.82. The number of aliphatic imine (C=N–C) groups is 1. The van der Waals surface area contributed by atoms with Gasteiger partial charge in [0.05, 0.1) is 7.11 Å². The van der Waals surface area contributed by atoms with Gasteiger partial charge in [0, 0.05) is 32.6 Å². The van der Waals surface area contributed by atoms with Crippen LogP contribution in [0.2, 0.25) is 0 Å². The molecular formula is C23H29IN6O2. The summed E-state index contributed by atoms with van der Waals surface area (Å²) in [7, 11) is 3.47. The molecule has 0 unspecified atom stereocenters. The van der Waals surface area contributed by atoms with Crippen molar-refractivity contribution in [1.29, 1.82) is 0 Å². The SMILES string of the molecule is CN=C(NCc1ccc(Oc2ccccc2OC)cc1)N1CCC(c2ncn[nH]2)CC1.I. The number of methoxy groups -OCH3 is 1. The third-order valence-electron chi connectivity index (χ3n) is 5.50. The lowest BCUT2D eigenvalue weighted by Crippen LogP contribution is -2.45. The predicted molar refractivity (Wildman–Crippen MR) is 135 cm³/mol. The molecule has 0 bridgehead atoms. The van der Waals surface area contributed by atoms with Crippen LogP contribution in [0, 0.1) is 0 Å². The molecule has 2 heterocycles. The molecule has 170 valence electrons. The average molecular weight is 548 g/mol. The Morgan fingerprint density at radius 2 is 1.84 bits per heavy atom. The van der Waals surface area contributed by atoms with Crippen LogP contribution in [-0.4, -0.2) is 53.3 Å². The molecular weight excluding hydrogens is 519 g/mol. The Kier molecular flexibility index (Phi) is 8.72. The van der Waals surface area contributed by atoms with E-state index in [4.69, 9.17) is 9.47 Å². The molecule has 1 aliphatic rings. The second-order valence-corrected chi connectivity index (χ2v) is 7.43. The van der Waals surface area contributed by atoms with Crippen molar-refractivity contribution in [3.63, 3.8) is 0 Å². The number of aromatic amines is 1. The van der Waals surface area contributed by atoms with Crippen LogP contribution in [0.1, 0.15) is 30.1 Å². The van der Waals surface area contributed by atoms with Gasteiger partial charge in [0.15, 0.2) is 17.5 Å². The fourth-order valence-electron chi connectivity index (χ4n) is 3.80. The highest BCUT2D eigenvalue weighted by molar-refractivity contribution is 14.0. The number of rotatable bonds is 6. The minimum atomic E-state index is 0. The van der Waals surface area contributed by atoms with Gasteiger partial charge in [-0.25, -0.2) is 4.98 Å². The van der Waals surface area contributed by atoms with Crippen molar-refractivity contribution in [2.45, 2.75) is 25.3 Å². The fourth-order valence-corrected chi connectivity index (χ4v) is 3.80. The molecule has 2 aromatic carbocycles. The van der Waals surface area contributed by atoms with Gasteiger partial charge < -0.3 is 19.7 Å². The quantitative estimate of drug-likeness (QED) is 0.273. The maximum atomic E-state index is 5.95. The number of guanidine groups is 1. The van der Waals surface area contributed by atoms with E-state index in [-0.39, 0.29) is 24.0 Å². The maximum Gasteiger partial charge on any atom is 0.193 e. The molecule has 0 spiro atoms. The Labute approximate surface area is 205 Å². The molecule has 3 aromatic rings. The average Bonchev–Trinajstić information content (AvgIpc) is 3.36. The summed E-state index contributed by atoms with van der Waals surface area (Å²) in [6.45, 7) is 2.58. The van der Waals surface area contributed by atoms with Crippen molar-refractivity contribution >= 4 is 29.9 Å². The summed E-state index contributed by atoms with van der Waals surface area (Å²) in [5.41, 5.74) is 1.16. The molecule has 0 saturated carbocycles. The number of para-hydroxylation sites is 2. The van der Waals surface area contributed by atoms with E-state index in [2.05, 4.69) is 42.5 Å². The highest BCUT2D eigenvalue weighted by atomic mass is 127. The Bertz CT molecular complexity index is 986. The molecule has 8 nitrogen and oxygen atoms in total. The summed E-state index contributed by atoms with van der Waals surface area (Å²) in [5, 5.41) is 10.4. The standard InChI is InChI=1S/C23H28N6O2.HI/c1-24-23(29-13-11-18(12-14-29)22-26-16-27-28-22)25-15-17-7-9-19(10-8-17)31-21-6-4-3-5-20(21)30-2;/h3-10,16,18H,11-15H2,1-2H3,(H,24,25)(H,26,27,28);1H. The zero-order chi connectivity index (χ0) is 21.5. The summed E-state index contributed by atoms with van der Waals surface area (Å²) in [4.78, 5) is 11.1. The predicted octanol–water partition coefficient (Wildman–Crippen LogP) is 4.18. The van der Waals surface area contributed by atoms with Crippen molar-refractivity contribution in [3.05, 3.63) is 66.2 Å². The molecule has 0 atom stereocenters. The molecule has 1 saturated heterocycles. The summed E-state index contributed by atoms with van der Waals surface area (Å²) in [6, 6.07) is 15.7. The number of benzene rings is 2. The maximum absolute atomic E-state index is 5.95. The third-order valence-corrected chi connectivity index (χ3v) is 5.50. The van der Waals surface area contributed by atoms with E-state index in [1.807, 2.05) is 43.4 Å². The topological polar surface area (TPSA) is 87.7 Å². The molecule has 1 fully saturated rings. The van der Waals surface area contributed by atoms with Crippen LogP contribution >= 0.6 is 24.0 Å². The van der Waals surface area contributed by atoms with Crippen molar-refractivity contribution in [2.24, 2.45) is 4.99 Å². The summed E-state index contributed by atoms with van der Waals surface area (Å²) in [6.07, 6.45) is 3.64. The van der Waals surface area contributed by atoms with Crippen molar-refractivity contribution in [2.75, 3.05) is 27.2 Å². The fraction of sp³-hybridized carbons (Fsp3) is 0.348. The van der Waals surface area contributed by atoms with Crippen LogP contribution in [0.4, 0.5) is 0 Å². The monoisotopic (exact) mass is 548 g/mol. The highest BCUT2D eigenvalue weighted by Crippen LogP contribution is 2.31. The van der Waals surface area contributed by atoms with Crippen molar-refractivity contribution in [1.82, 2.24) is 25.4 Å². The largest absolute Gasteiger partial charge is 0.493 e. The molecule has 0 radical (unpaired) electrons. The molecule has 1 aliphatic heterocycles.